The molecule has 0 aliphatic carbocycles. The van der Waals surface area contributed by atoms with Gasteiger partial charge in [0.25, 0.3) is 0 Å². The van der Waals surface area contributed by atoms with Gasteiger partial charge in [-0.05, 0) is 212 Å². The van der Waals surface area contributed by atoms with E-state index in [9.17, 15) is 0 Å². The van der Waals surface area contributed by atoms with Crippen LogP contribution in [0.4, 0.5) is 0 Å². The van der Waals surface area contributed by atoms with Gasteiger partial charge in [-0.15, -0.1) is 0 Å². The van der Waals surface area contributed by atoms with E-state index in [1.54, 1.807) is 0 Å². The lowest BCUT2D eigenvalue weighted by Crippen LogP contribution is -1.90. The minimum Gasteiger partial charge on any atom is -0.0617 e. The molecule has 0 unspecified atom stereocenters. The van der Waals surface area contributed by atoms with Crippen LogP contribution in [0.5, 0.6) is 0 Å². The van der Waals surface area contributed by atoms with Gasteiger partial charge < -0.3 is 0 Å². The molecule has 0 N–H and O–H groups in total. The van der Waals surface area contributed by atoms with Crippen molar-refractivity contribution in [1.82, 2.24) is 0 Å². The minimum atomic E-state index is 1.29. The Morgan fingerprint density at radius 2 is 0.393 bits per heavy atom. The fourth-order valence-electron chi connectivity index (χ4n) is 11.2. The normalized spacial score (nSPS) is 10.3. The molecule has 12 aromatic carbocycles. The van der Waals surface area contributed by atoms with Crippen LogP contribution in [-0.4, -0.2) is 0 Å². The number of aryl methyl sites for hydroxylation is 17. The summed E-state index contributed by atoms with van der Waals surface area (Å²) < 4.78 is 0. The Balaban J connectivity index is 0.000000152. The zero-order valence-electron chi connectivity index (χ0n) is 56.3. The molecule has 0 fully saturated rings. The maximum Gasteiger partial charge on any atom is -0.0125 e. The molecule has 0 amide bonds. The average Bonchev–Trinajstić information content (AvgIpc) is 2.70. The van der Waals surface area contributed by atoms with Crippen LogP contribution in [-0.2, 0) is 0 Å². The van der Waals surface area contributed by atoms with E-state index in [0.29, 0.717) is 0 Å². The molecule has 12 aromatic rings. The molecule has 0 heterocycles. The quantitative estimate of drug-likeness (QED) is 0.156. The third kappa shape index (κ3) is 20.6. The lowest BCUT2D eigenvalue weighted by Gasteiger charge is -2.11. The Kier molecular flexibility index (Phi) is 24.6. The highest BCUT2D eigenvalue weighted by Crippen LogP contribution is 2.31. The molecule has 0 heteroatoms. The highest BCUT2D eigenvalue weighted by molar-refractivity contribution is 5.73. The topological polar surface area (TPSA) is 0 Å². The van der Waals surface area contributed by atoms with Crippen LogP contribution in [0.1, 0.15) is 94.6 Å². The Bertz CT molecular complexity index is 4050. The summed E-state index contributed by atoms with van der Waals surface area (Å²) in [5.74, 6) is 0. The SMILES string of the molecule is Cc1ccc(-c2c(C)cc(C)cc2C)cc1.Cc1ccc(-c2c(C)cccc2C)cc1.Cc1ccc(-c2cc(C)cc(C)c2)cc1.Cc1ccc(-c2ccc(C)cc2)cc1.Cc1ccc(-c2ccc(C)cc2C)cc1.Cc1ccc(-c2cccc(C)c2)cc1. The van der Waals surface area contributed by atoms with Gasteiger partial charge in [0, 0.05) is 0 Å². The lowest BCUT2D eigenvalue weighted by molar-refractivity contribution is 1.32. The molecule has 89 heavy (non-hydrogen) atoms. The van der Waals surface area contributed by atoms with Gasteiger partial charge in [0.1, 0.15) is 0 Å². The monoisotopic (exact) mass is 1160 g/mol. The van der Waals surface area contributed by atoms with Crippen LogP contribution in [0.15, 0.2) is 261 Å². The van der Waals surface area contributed by atoms with Gasteiger partial charge in [-0.25, -0.2) is 0 Å². The highest BCUT2D eigenvalue weighted by atomic mass is 14.1. The first kappa shape index (κ1) is 67.2. The van der Waals surface area contributed by atoms with E-state index < -0.39 is 0 Å². The van der Waals surface area contributed by atoms with E-state index in [1.807, 2.05) is 0 Å². The summed E-state index contributed by atoms with van der Waals surface area (Å²) in [6, 6.07) is 93.6. The van der Waals surface area contributed by atoms with Crippen LogP contribution in [0, 0.1) is 118 Å². The van der Waals surface area contributed by atoms with Crippen molar-refractivity contribution >= 4 is 0 Å². The summed E-state index contributed by atoms with van der Waals surface area (Å²) in [5, 5.41) is 0. The zero-order valence-corrected chi connectivity index (χ0v) is 56.3. The summed E-state index contributed by atoms with van der Waals surface area (Å²) in [7, 11) is 0. The molecule has 0 aromatic heterocycles. The molecule has 0 atom stereocenters. The largest absolute Gasteiger partial charge is 0.0617 e. The molecule has 12 rings (SSSR count). The molecule has 0 saturated heterocycles. The van der Waals surface area contributed by atoms with Gasteiger partial charge in [-0.3, -0.25) is 0 Å². The second-order valence-corrected chi connectivity index (χ2v) is 24.7. The first-order valence-electron chi connectivity index (χ1n) is 31.4. The summed E-state index contributed by atoms with van der Waals surface area (Å²) in [4.78, 5) is 0. The summed E-state index contributed by atoms with van der Waals surface area (Å²) >= 11 is 0. The van der Waals surface area contributed by atoms with Crippen molar-refractivity contribution in [3.8, 4) is 66.8 Å². The smallest absolute Gasteiger partial charge is 0.0125 e. The summed E-state index contributed by atoms with van der Waals surface area (Å²) in [6.45, 7) is 36.4. The number of hydrogen-bond donors (Lipinski definition) is 0. The van der Waals surface area contributed by atoms with E-state index in [-0.39, 0.29) is 0 Å². The van der Waals surface area contributed by atoms with Gasteiger partial charge in [-0.1, -0.05) is 328 Å². The van der Waals surface area contributed by atoms with Gasteiger partial charge in [0.2, 0.25) is 0 Å². The molecular formula is C89H94. The fourth-order valence-corrected chi connectivity index (χ4v) is 11.2. The van der Waals surface area contributed by atoms with E-state index in [1.165, 1.54) is 161 Å². The second kappa shape index (κ2) is 32.6. The van der Waals surface area contributed by atoms with Crippen molar-refractivity contribution in [1.29, 1.82) is 0 Å². The molecule has 0 nitrogen and oxygen atoms in total. The molecule has 0 radical (unpaired) electrons. The van der Waals surface area contributed by atoms with Gasteiger partial charge in [0.05, 0.1) is 0 Å². The number of benzene rings is 12. The van der Waals surface area contributed by atoms with Crippen molar-refractivity contribution in [2.75, 3.05) is 0 Å². The molecule has 0 spiro atoms. The van der Waals surface area contributed by atoms with Crippen molar-refractivity contribution in [2.24, 2.45) is 0 Å². The van der Waals surface area contributed by atoms with Gasteiger partial charge in [0.15, 0.2) is 0 Å². The van der Waals surface area contributed by atoms with E-state index in [4.69, 9.17) is 0 Å². The predicted molar refractivity (Wildman–Crippen MR) is 392 cm³/mol. The van der Waals surface area contributed by atoms with Crippen LogP contribution >= 0.6 is 0 Å². The van der Waals surface area contributed by atoms with Crippen LogP contribution in [0.2, 0.25) is 0 Å². The Morgan fingerprint density at radius 1 is 0.135 bits per heavy atom. The van der Waals surface area contributed by atoms with Crippen molar-refractivity contribution in [3.05, 3.63) is 355 Å². The first-order valence-corrected chi connectivity index (χ1v) is 31.4. The molecule has 0 bridgehead atoms. The third-order valence-electron chi connectivity index (χ3n) is 16.0. The molecule has 0 saturated carbocycles. The zero-order chi connectivity index (χ0) is 64.1. The molecule has 0 aliphatic rings. The van der Waals surface area contributed by atoms with E-state index >= 15 is 0 Å². The standard InChI is InChI=1S/C16H18.3C15H16.2C14H14/c1-11-5-7-15(8-6-11)16-13(3)9-12(2)10-14(16)4;1-11-4-7-14(8-5-11)15-9-6-12(2)10-13(15)3;1-11-4-6-14(7-5-11)15-9-12(2)8-13(3)10-15;1-11-7-9-14(10-8-11)15-12(2)5-4-6-13(15)3;1-11-3-7-13(8-4-11)14-9-5-12(2)6-10-14;1-11-6-8-13(9-7-11)14-5-3-4-12(2)10-14/h5-10H,1-4H3;3*4-10H,1-3H3;2*3-10H,1-2H3. The first-order chi connectivity index (χ1) is 42.6. The second-order valence-electron chi connectivity index (χ2n) is 24.7. The van der Waals surface area contributed by atoms with Crippen molar-refractivity contribution < 1.29 is 0 Å². The Morgan fingerprint density at radius 3 is 0.753 bits per heavy atom. The fraction of sp³-hybridized carbons (Fsp3) is 0.191. The van der Waals surface area contributed by atoms with Gasteiger partial charge in [-0.2, -0.15) is 0 Å². The number of rotatable bonds is 6. The predicted octanol–water partition coefficient (Wildman–Crippen LogP) is 25.4. The third-order valence-corrected chi connectivity index (χ3v) is 16.0. The Hall–Kier alpha value is -9.36. The van der Waals surface area contributed by atoms with Crippen molar-refractivity contribution in [3.63, 3.8) is 0 Å². The molecule has 450 valence electrons. The maximum absolute atomic E-state index is 2.25. The van der Waals surface area contributed by atoms with Crippen LogP contribution in [0.25, 0.3) is 66.8 Å². The molecular weight excluding hydrogens is 1070 g/mol. The molecule has 0 aliphatic heterocycles. The maximum atomic E-state index is 2.25. The number of hydrogen-bond acceptors (Lipinski definition) is 0. The van der Waals surface area contributed by atoms with E-state index in [0.717, 1.165) is 0 Å². The van der Waals surface area contributed by atoms with Gasteiger partial charge >= 0.3 is 0 Å². The average molecular weight is 1160 g/mol. The highest BCUT2D eigenvalue weighted by Gasteiger charge is 2.08. The Labute approximate surface area is 536 Å². The minimum absolute atomic E-state index is 1.29. The van der Waals surface area contributed by atoms with E-state index in [2.05, 4.69) is 379 Å². The summed E-state index contributed by atoms with van der Waals surface area (Å²) in [5.41, 5.74) is 38.3. The van der Waals surface area contributed by atoms with Crippen LogP contribution in [0.3, 0.4) is 0 Å². The summed E-state index contributed by atoms with van der Waals surface area (Å²) in [6.07, 6.45) is 0. The lowest BCUT2D eigenvalue weighted by atomic mass is 9.93. The van der Waals surface area contributed by atoms with Crippen molar-refractivity contribution in [2.45, 2.75) is 118 Å². The van der Waals surface area contributed by atoms with Crippen LogP contribution < -0.4 is 0 Å².